The fourth-order valence-corrected chi connectivity index (χ4v) is 3.55. The van der Waals surface area contributed by atoms with Crippen LogP contribution < -0.4 is 10.6 Å². The third-order valence-electron chi connectivity index (χ3n) is 3.77. The molecular weight excluding hydrogens is 284 g/mol. The van der Waals surface area contributed by atoms with Crippen LogP contribution in [0.2, 0.25) is 0 Å². The third-order valence-corrected chi connectivity index (χ3v) is 4.84. The summed E-state index contributed by atoms with van der Waals surface area (Å²) >= 11 is 1.60. The number of thiazole rings is 1. The Labute approximate surface area is 126 Å². The second-order valence-electron chi connectivity index (χ2n) is 5.54. The predicted octanol–water partition coefficient (Wildman–Crippen LogP) is 2.85. The molecule has 0 spiro atoms. The Morgan fingerprint density at radius 2 is 2.24 bits per heavy atom. The van der Waals surface area contributed by atoms with Gasteiger partial charge in [-0.3, -0.25) is 10.1 Å². The molecule has 4 rings (SSSR count). The molecule has 2 aliphatic carbocycles. The van der Waals surface area contributed by atoms with Gasteiger partial charge in [-0.05, 0) is 44.2 Å². The molecule has 0 atom stereocenters. The summed E-state index contributed by atoms with van der Waals surface area (Å²) in [6.07, 6.45) is 7.34. The van der Waals surface area contributed by atoms with Gasteiger partial charge in [0.05, 0.1) is 5.69 Å². The highest BCUT2D eigenvalue weighted by molar-refractivity contribution is 7.15. The molecule has 0 aliphatic heterocycles. The minimum atomic E-state index is -0.122. The van der Waals surface area contributed by atoms with Gasteiger partial charge in [0.1, 0.15) is 5.82 Å². The van der Waals surface area contributed by atoms with Gasteiger partial charge in [-0.1, -0.05) is 0 Å². The Balaban J connectivity index is 1.48. The van der Waals surface area contributed by atoms with Crippen molar-refractivity contribution in [3.8, 4) is 0 Å². The highest BCUT2D eigenvalue weighted by Gasteiger charge is 2.22. The number of nitrogens with zero attached hydrogens (tertiary/aromatic N) is 2. The first-order chi connectivity index (χ1) is 10.3. The number of aryl methyl sites for hydroxylation is 2. The SMILES string of the molecule is O=C(Nc1nc2c(s1)CCC2)c1ccnc(NC2CC2)c1. The smallest absolute Gasteiger partial charge is 0.257 e. The fourth-order valence-electron chi connectivity index (χ4n) is 2.50. The zero-order valence-electron chi connectivity index (χ0n) is 11.6. The highest BCUT2D eigenvalue weighted by Crippen LogP contribution is 2.30. The molecule has 2 N–H and O–H groups in total. The summed E-state index contributed by atoms with van der Waals surface area (Å²) in [5.74, 6) is 0.649. The quantitative estimate of drug-likeness (QED) is 0.911. The molecule has 0 bridgehead atoms. The Morgan fingerprint density at radius 1 is 1.33 bits per heavy atom. The Morgan fingerprint density at radius 3 is 3.05 bits per heavy atom. The lowest BCUT2D eigenvalue weighted by atomic mass is 10.2. The summed E-state index contributed by atoms with van der Waals surface area (Å²) in [6.45, 7) is 0. The number of carbonyl (C=O) groups excluding carboxylic acids is 1. The van der Waals surface area contributed by atoms with Gasteiger partial charge in [-0.25, -0.2) is 9.97 Å². The molecule has 2 aromatic rings. The van der Waals surface area contributed by atoms with Gasteiger partial charge in [-0.2, -0.15) is 0 Å². The van der Waals surface area contributed by atoms with Crippen LogP contribution in [-0.2, 0) is 12.8 Å². The minimum absolute atomic E-state index is 0.122. The summed E-state index contributed by atoms with van der Waals surface area (Å²) in [5.41, 5.74) is 1.77. The molecule has 108 valence electrons. The van der Waals surface area contributed by atoms with E-state index >= 15 is 0 Å². The van der Waals surface area contributed by atoms with E-state index in [0.717, 1.165) is 24.4 Å². The molecule has 21 heavy (non-hydrogen) atoms. The Kier molecular flexibility index (Phi) is 3.11. The summed E-state index contributed by atoms with van der Waals surface area (Å²) in [5, 5.41) is 6.91. The molecule has 5 nitrogen and oxygen atoms in total. The van der Waals surface area contributed by atoms with E-state index in [2.05, 4.69) is 20.6 Å². The number of amides is 1. The summed E-state index contributed by atoms with van der Waals surface area (Å²) in [4.78, 5) is 22.3. The van der Waals surface area contributed by atoms with Gasteiger partial charge in [0, 0.05) is 22.7 Å². The number of rotatable bonds is 4. The van der Waals surface area contributed by atoms with E-state index < -0.39 is 0 Å². The largest absolute Gasteiger partial charge is 0.367 e. The van der Waals surface area contributed by atoms with E-state index in [4.69, 9.17) is 0 Å². The molecule has 1 amide bonds. The van der Waals surface area contributed by atoms with Crippen LogP contribution in [0.25, 0.3) is 0 Å². The zero-order chi connectivity index (χ0) is 14.2. The van der Waals surface area contributed by atoms with E-state index in [1.807, 2.05) is 0 Å². The molecule has 0 saturated heterocycles. The molecule has 0 unspecified atom stereocenters. The highest BCUT2D eigenvalue weighted by atomic mass is 32.1. The number of nitrogens with one attached hydrogen (secondary N) is 2. The molecule has 2 aromatic heterocycles. The Bertz CT molecular complexity index is 671. The number of pyridine rings is 1. The molecule has 0 aromatic carbocycles. The maximum atomic E-state index is 12.3. The van der Waals surface area contributed by atoms with Crippen molar-refractivity contribution in [2.45, 2.75) is 38.1 Å². The van der Waals surface area contributed by atoms with Crippen molar-refractivity contribution >= 4 is 28.2 Å². The van der Waals surface area contributed by atoms with Crippen molar-refractivity contribution in [3.63, 3.8) is 0 Å². The van der Waals surface area contributed by atoms with Crippen LogP contribution in [-0.4, -0.2) is 21.9 Å². The van der Waals surface area contributed by atoms with Gasteiger partial charge in [0.15, 0.2) is 5.13 Å². The van der Waals surface area contributed by atoms with Crippen LogP contribution in [0.1, 0.15) is 40.2 Å². The van der Waals surface area contributed by atoms with Gasteiger partial charge in [0.2, 0.25) is 0 Å². The minimum Gasteiger partial charge on any atom is -0.367 e. The number of hydrogen-bond acceptors (Lipinski definition) is 5. The second kappa shape index (κ2) is 5.11. The van der Waals surface area contributed by atoms with Crippen LogP contribution in [0.15, 0.2) is 18.3 Å². The number of fused-ring (bicyclic) bond motifs is 1. The number of anilines is 2. The van der Waals surface area contributed by atoms with Crippen LogP contribution in [0.3, 0.4) is 0 Å². The number of hydrogen-bond donors (Lipinski definition) is 2. The zero-order valence-corrected chi connectivity index (χ0v) is 12.4. The second-order valence-corrected chi connectivity index (χ2v) is 6.63. The van der Waals surface area contributed by atoms with E-state index in [1.54, 1.807) is 29.7 Å². The average molecular weight is 300 g/mol. The summed E-state index contributed by atoms with van der Waals surface area (Å²) in [6, 6.07) is 4.06. The lowest BCUT2D eigenvalue weighted by Crippen LogP contribution is -2.13. The van der Waals surface area contributed by atoms with Crippen molar-refractivity contribution in [2.75, 3.05) is 10.6 Å². The molecular formula is C15H16N4OS. The number of aromatic nitrogens is 2. The van der Waals surface area contributed by atoms with Crippen LogP contribution in [0, 0.1) is 0 Å². The predicted molar refractivity (Wildman–Crippen MR) is 83.0 cm³/mol. The van der Waals surface area contributed by atoms with Crippen LogP contribution in [0.4, 0.5) is 10.9 Å². The van der Waals surface area contributed by atoms with Gasteiger partial charge in [0.25, 0.3) is 5.91 Å². The average Bonchev–Trinajstić information content (AvgIpc) is 3.04. The molecule has 1 fully saturated rings. The fraction of sp³-hybridized carbons (Fsp3) is 0.400. The molecule has 2 heterocycles. The van der Waals surface area contributed by atoms with Gasteiger partial charge >= 0.3 is 0 Å². The van der Waals surface area contributed by atoms with Crippen molar-refractivity contribution in [1.29, 1.82) is 0 Å². The Hall–Kier alpha value is -1.95. The number of carbonyl (C=O) groups is 1. The van der Waals surface area contributed by atoms with E-state index in [1.165, 1.54) is 24.1 Å². The lowest BCUT2D eigenvalue weighted by molar-refractivity contribution is 0.102. The molecule has 1 saturated carbocycles. The molecule has 0 radical (unpaired) electrons. The molecule has 2 aliphatic rings. The van der Waals surface area contributed by atoms with Gasteiger partial charge in [-0.15, -0.1) is 11.3 Å². The maximum absolute atomic E-state index is 12.3. The first-order valence-corrected chi connectivity index (χ1v) is 8.12. The first-order valence-electron chi connectivity index (χ1n) is 7.30. The van der Waals surface area contributed by atoms with Crippen LogP contribution in [0.5, 0.6) is 0 Å². The van der Waals surface area contributed by atoms with E-state index in [9.17, 15) is 4.79 Å². The van der Waals surface area contributed by atoms with Crippen molar-refractivity contribution in [2.24, 2.45) is 0 Å². The standard InChI is InChI=1S/C15H16N4OS/c20-14(19-15-18-11-2-1-3-12(11)21-15)9-6-7-16-13(8-9)17-10-4-5-10/h6-8,10H,1-5H2,(H,16,17)(H,18,19,20). The topological polar surface area (TPSA) is 66.9 Å². The van der Waals surface area contributed by atoms with E-state index in [0.29, 0.717) is 16.7 Å². The summed E-state index contributed by atoms with van der Waals surface area (Å²) in [7, 11) is 0. The third kappa shape index (κ3) is 2.76. The summed E-state index contributed by atoms with van der Waals surface area (Å²) < 4.78 is 0. The van der Waals surface area contributed by atoms with Gasteiger partial charge < -0.3 is 5.32 Å². The van der Waals surface area contributed by atoms with Crippen molar-refractivity contribution < 1.29 is 4.79 Å². The lowest BCUT2D eigenvalue weighted by Gasteiger charge is -2.06. The molecule has 6 heteroatoms. The van der Waals surface area contributed by atoms with Crippen molar-refractivity contribution in [1.82, 2.24) is 9.97 Å². The normalized spacial score (nSPS) is 16.6. The van der Waals surface area contributed by atoms with E-state index in [-0.39, 0.29) is 5.91 Å². The van der Waals surface area contributed by atoms with Crippen LogP contribution >= 0.6 is 11.3 Å². The monoisotopic (exact) mass is 300 g/mol. The van der Waals surface area contributed by atoms with Crippen molar-refractivity contribution in [3.05, 3.63) is 34.5 Å². The maximum Gasteiger partial charge on any atom is 0.257 e. The first kappa shape index (κ1) is 12.8.